The van der Waals surface area contributed by atoms with Gasteiger partial charge in [-0.3, -0.25) is 4.90 Å². The molecule has 1 aliphatic heterocycles. The van der Waals surface area contributed by atoms with E-state index in [0.717, 1.165) is 31.5 Å². The van der Waals surface area contributed by atoms with Crippen molar-refractivity contribution in [1.29, 1.82) is 5.41 Å². The van der Waals surface area contributed by atoms with E-state index in [2.05, 4.69) is 9.64 Å². The van der Waals surface area contributed by atoms with Crippen molar-refractivity contribution in [3.8, 4) is 5.75 Å². The van der Waals surface area contributed by atoms with E-state index >= 15 is 0 Å². The lowest BCUT2D eigenvalue weighted by molar-refractivity contribution is -0.274. The molecule has 128 valence electrons. The second-order valence-electron chi connectivity index (χ2n) is 5.79. The van der Waals surface area contributed by atoms with Crippen LogP contribution in [0.2, 0.25) is 0 Å². The number of rotatable bonds is 5. The molecule has 0 spiro atoms. The molecule has 0 atom stereocenters. The Morgan fingerprint density at radius 2 is 1.78 bits per heavy atom. The van der Waals surface area contributed by atoms with Crippen LogP contribution in [0.15, 0.2) is 24.3 Å². The highest BCUT2D eigenvalue weighted by molar-refractivity contribution is 5.87. The van der Waals surface area contributed by atoms with Gasteiger partial charge in [0.25, 0.3) is 0 Å². The third-order valence-corrected chi connectivity index (χ3v) is 4.30. The minimum absolute atomic E-state index is 0.210. The van der Waals surface area contributed by atoms with Crippen molar-refractivity contribution in [2.75, 3.05) is 20.2 Å². The van der Waals surface area contributed by atoms with Gasteiger partial charge in [-0.15, -0.1) is 13.2 Å². The molecule has 0 aromatic heterocycles. The minimum atomic E-state index is -4.66. The molecule has 1 aliphatic rings. The molecule has 4 nitrogen and oxygen atoms in total. The van der Waals surface area contributed by atoms with Crippen molar-refractivity contribution in [2.24, 2.45) is 0 Å². The maximum Gasteiger partial charge on any atom is 0.573 e. The van der Waals surface area contributed by atoms with Gasteiger partial charge in [0.15, 0.2) is 0 Å². The van der Waals surface area contributed by atoms with Gasteiger partial charge in [-0.25, -0.2) is 0 Å². The molecule has 7 heteroatoms. The van der Waals surface area contributed by atoms with E-state index in [0.29, 0.717) is 12.3 Å². The lowest BCUT2D eigenvalue weighted by atomic mass is 9.87. The van der Waals surface area contributed by atoms with Crippen molar-refractivity contribution < 1.29 is 22.6 Å². The Bertz CT molecular complexity index is 535. The molecule has 23 heavy (non-hydrogen) atoms. The van der Waals surface area contributed by atoms with Crippen molar-refractivity contribution in [3.05, 3.63) is 29.8 Å². The van der Waals surface area contributed by atoms with Crippen LogP contribution in [0.25, 0.3) is 0 Å². The second kappa shape index (κ2) is 6.88. The molecule has 1 N–H and O–H groups in total. The Kier molecular flexibility index (Phi) is 5.31. The van der Waals surface area contributed by atoms with E-state index in [-0.39, 0.29) is 5.75 Å². The predicted octanol–water partition coefficient (Wildman–Crippen LogP) is 3.61. The Balaban J connectivity index is 1.90. The fourth-order valence-electron chi connectivity index (χ4n) is 2.86. The van der Waals surface area contributed by atoms with Crippen LogP contribution in [0.1, 0.15) is 25.3 Å². The lowest BCUT2D eigenvalue weighted by Crippen LogP contribution is -2.49. The number of piperidine rings is 1. The van der Waals surface area contributed by atoms with Gasteiger partial charge < -0.3 is 14.9 Å². The van der Waals surface area contributed by atoms with Gasteiger partial charge in [-0.1, -0.05) is 12.1 Å². The van der Waals surface area contributed by atoms with E-state index in [4.69, 9.17) is 10.1 Å². The summed E-state index contributed by atoms with van der Waals surface area (Å²) in [5, 5.41) is 7.87. The summed E-state index contributed by atoms with van der Waals surface area (Å²) in [4.78, 5) is 2.21. The number of nitrogens with one attached hydrogen (secondary N) is 1. The fourth-order valence-corrected chi connectivity index (χ4v) is 2.86. The summed E-state index contributed by atoms with van der Waals surface area (Å²) in [5.41, 5.74) is 0.991. The maximum atomic E-state index is 12.1. The first-order chi connectivity index (χ1) is 10.7. The standard InChI is InChI=1S/C16H21F3N2O2/c1-12(20)15(22-2)7-9-21(10-8-15)11-13-3-5-14(6-4-13)23-16(17,18)19/h3-6,20H,7-11H2,1-2H3. The van der Waals surface area contributed by atoms with Gasteiger partial charge in [-0.05, 0) is 37.5 Å². The number of ether oxygens (including phenoxy) is 2. The first kappa shape index (κ1) is 17.7. The van der Waals surface area contributed by atoms with Crippen molar-refractivity contribution >= 4 is 5.71 Å². The van der Waals surface area contributed by atoms with E-state index in [1.165, 1.54) is 12.1 Å². The molecule has 0 unspecified atom stereocenters. The quantitative estimate of drug-likeness (QED) is 0.839. The first-order valence-electron chi connectivity index (χ1n) is 7.42. The monoisotopic (exact) mass is 330 g/mol. The largest absolute Gasteiger partial charge is 0.573 e. The topological polar surface area (TPSA) is 45.5 Å². The van der Waals surface area contributed by atoms with Crippen LogP contribution in [0.5, 0.6) is 5.75 Å². The van der Waals surface area contributed by atoms with Gasteiger partial charge >= 0.3 is 6.36 Å². The van der Waals surface area contributed by atoms with Crippen LogP contribution in [0, 0.1) is 5.41 Å². The van der Waals surface area contributed by atoms with Gasteiger partial charge in [-0.2, -0.15) is 0 Å². The van der Waals surface area contributed by atoms with E-state index in [9.17, 15) is 13.2 Å². The Morgan fingerprint density at radius 3 is 2.22 bits per heavy atom. The molecule has 1 aromatic rings. The third-order valence-electron chi connectivity index (χ3n) is 4.30. The highest BCUT2D eigenvalue weighted by Crippen LogP contribution is 2.28. The van der Waals surface area contributed by atoms with Gasteiger partial charge in [0.05, 0.1) is 0 Å². The summed E-state index contributed by atoms with van der Waals surface area (Å²) in [6, 6.07) is 5.93. The minimum Gasteiger partial charge on any atom is -0.406 e. The number of alkyl halides is 3. The highest BCUT2D eigenvalue weighted by atomic mass is 19.4. The Morgan fingerprint density at radius 1 is 1.22 bits per heavy atom. The van der Waals surface area contributed by atoms with Gasteiger partial charge in [0.2, 0.25) is 0 Å². The number of hydrogen-bond donors (Lipinski definition) is 1. The number of halogens is 3. The number of benzene rings is 1. The molecular weight excluding hydrogens is 309 g/mol. The second-order valence-corrected chi connectivity index (χ2v) is 5.79. The molecule has 2 rings (SSSR count). The first-order valence-corrected chi connectivity index (χ1v) is 7.42. The van der Waals surface area contributed by atoms with Gasteiger partial charge in [0.1, 0.15) is 11.4 Å². The third kappa shape index (κ3) is 4.68. The zero-order valence-electron chi connectivity index (χ0n) is 13.2. The van der Waals surface area contributed by atoms with E-state index in [1.807, 2.05) is 0 Å². The smallest absolute Gasteiger partial charge is 0.406 e. The maximum absolute atomic E-state index is 12.1. The molecule has 1 saturated heterocycles. The molecule has 1 aromatic carbocycles. The average molecular weight is 330 g/mol. The van der Waals surface area contributed by atoms with Crippen molar-refractivity contribution in [3.63, 3.8) is 0 Å². The molecular formula is C16H21F3N2O2. The SMILES string of the molecule is COC1(C(C)=N)CCN(Cc2ccc(OC(F)(F)F)cc2)CC1. The van der Waals surface area contributed by atoms with Crippen molar-refractivity contribution in [2.45, 2.75) is 38.3 Å². The zero-order valence-corrected chi connectivity index (χ0v) is 13.2. The number of hydrogen-bond acceptors (Lipinski definition) is 4. The average Bonchev–Trinajstić information content (AvgIpc) is 2.48. The number of nitrogens with zero attached hydrogens (tertiary/aromatic N) is 1. The van der Waals surface area contributed by atoms with Crippen LogP contribution in [0.4, 0.5) is 13.2 Å². The normalized spacial score (nSPS) is 18.7. The molecule has 0 radical (unpaired) electrons. The molecule has 0 amide bonds. The number of methoxy groups -OCH3 is 1. The summed E-state index contributed by atoms with van der Waals surface area (Å²) in [7, 11) is 1.63. The van der Waals surface area contributed by atoms with Crippen LogP contribution >= 0.6 is 0 Å². The summed E-state index contributed by atoms with van der Waals surface area (Å²) in [6.45, 7) is 3.98. The molecule has 0 aliphatic carbocycles. The fraction of sp³-hybridized carbons (Fsp3) is 0.562. The zero-order chi connectivity index (χ0) is 17.1. The number of likely N-dealkylation sites (tertiary alicyclic amines) is 1. The molecule has 1 fully saturated rings. The van der Waals surface area contributed by atoms with Crippen LogP contribution in [-0.4, -0.2) is 42.8 Å². The summed E-state index contributed by atoms with van der Waals surface area (Å²) >= 11 is 0. The predicted molar refractivity (Wildman–Crippen MR) is 80.8 cm³/mol. The summed E-state index contributed by atoms with van der Waals surface area (Å²) in [5.74, 6) is -0.210. The Hall–Kier alpha value is -1.60. The van der Waals surface area contributed by atoms with E-state index in [1.54, 1.807) is 26.2 Å². The summed E-state index contributed by atoms with van der Waals surface area (Å²) in [6.07, 6.45) is -3.18. The Labute approximate surface area is 133 Å². The highest BCUT2D eigenvalue weighted by Gasteiger charge is 2.36. The van der Waals surface area contributed by atoms with Gasteiger partial charge in [0, 0.05) is 32.5 Å². The molecule has 0 bridgehead atoms. The van der Waals surface area contributed by atoms with Crippen LogP contribution < -0.4 is 4.74 Å². The van der Waals surface area contributed by atoms with Crippen LogP contribution in [-0.2, 0) is 11.3 Å². The van der Waals surface area contributed by atoms with Crippen molar-refractivity contribution in [1.82, 2.24) is 4.90 Å². The molecule has 1 heterocycles. The lowest BCUT2D eigenvalue weighted by Gasteiger charge is -2.40. The van der Waals surface area contributed by atoms with Crippen LogP contribution in [0.3, 0.4) is 0 Å². The summed E-state index contributed by atoms with van der Waals surface area (Å²) < 4.78 is 45.8. The van der Waals surface area contributed by atoms with E-state index < -0.39 is 12.0 Å². The molecule has 0 saturated carbocycles.